The molecular weight excluding hydrogens is 254 g/mol. The standard InChI is InChI=1S/C15H21N3O2/c1-11-9-18(13-5-7-14(20-4)8-6-13)15(16-11)17-12(2)10-19-3/h5-9,12H,10H2,1-4H3,(H,16,17). The minimum absolute atomic E-state index is 0.193. The van der Waals surface area contributed by atoms with Gasteiger partial charge >= 0.3 is 0 Å². The van der Waals surface area contributed by atoms with E-state index >= 15 is 0 Å². The zero-order chi connectivity index (χ0) is 14.5. The summed E-state index contributed by atoms with van der Waals surface area (Å²) in [4.78, 5) is 4.52. The number of benzene rings is 1. The van der Waals surface area contributed by atoms with Gasteiger partial charge in [-0.15, -0.1) is 0 Å². The van der Waals surface area contributed by atoms with Crippen LogP contribution in [0.3, 0.4) is 0 Å². The van der Waals surface area contributed by atoms with Gasteiger partial charge in [-0.1, -0.05) is 0 Å². The van der Waals surface area contributed by atoms with Crippen molar-refractivity contribution in [3.8, 4) is 11.4 Å². The predicted octanol–water partition coefficient (Wildman–Crippen LogP) is 2.64. The van der Waals surface area contributed by atoms with Crippen molar-refractivity contribution in [1.82, 2.24) is 9.55 Å². The fourth-order valence-electron chi connectivity index (χ4n) is 2.05. The third-order valence-corrected chi connectivity index (χ3v) is 2.97. The number of rotatable bonds is 6. The fraction of sp³-hybridized carbons (Fsp3) is 0.400. The van der Waals surface area contributed by atoms with E-state index < -0.39 is 0 Å². The Labute approximate surface area is 119 Å². The van der Waals surface area contributed by atoms with Gasteiger partial charge in [-0.3, -0.25) is 4.57 Å². The van der Waals surface area contributed by atoms with E-state index in [1.54, 1.807) is 14.2 Å². The highest BCUT2D eigenvalue weighted by atomic mass is 16.5. The minimum atomic E-state index is 0.193. The highest BCUT2D eigenvalue weighted by molar-refractivity contribution is 5.45. The molecule has 0 aliphatic heterocycles. The van der Waals surface area contributed by atoms with Gasteiger partial charge in [0.15, 0.2) is 0 Å². The molecule has 2 rings (SSSR count). The molecule has 0 bridgehead atoms. The number of aromatic nitrogens is 2. The number of hydrogen-bond donors (Lipinski definition) is 1. The molecule has 0 spiro atoms. The van der Waals surface area contributed by atoms with Crippen LogP contribution in [0.1, 0.15) is 12.6 Å². The van der Waals surface area contributed by atoms with Gasteiger partial charge in [0.05, 0.1) is 19.4 Å². The molecular formula is C15H21N3O2. The van der Waals surface area contributed by atoms with E-state index in [4.69, 9.17) is 9.47 Å². The van der Waals surface area contributed by atoms with Crippen molar-refractivity contribution in [2.45, 2.75) is 19.9 Å². The van der Waals surface area contributed by atoms with Crippen LogP contribution in [0.15, 0.2) is 30.5 Å². The van der Waals surface area contributed by atoms with E-state index in [1.165, 1.54) is 0 Å². The first-order chi connectivity index (χ1) is 9.63. The number of imidazole rings is 1. The summed E-state index contributed by atoms with van der Waals surface area (Å²) < 4.78 is 12.4. The van der Waals surface area contributed by atoms with Crippen molar-refractivity contribution in [2.75, 3.05) is 26.1 Å². The van der Waals surface area contributed by atoms with Crippen LogP contribution in [0, 0.1) is 6.92 Å². The van der Waals surface area contributed by atoms with Crippen LogP contribution >= 0.6 is 0 Å². The zero-order valence-electron chi connectivity index (χ0n) is 12.4. The average Bonchev–Trinajstić information content (AvgIpc) is 2.80. The second-order valence-electron chi connectivity index (χ2n) is 4.77. The summed E-state index contributed by atoms with van der Waals surface area (Å²) in [5.41, 5.74) is 2.01. The van der Waals surface area contributed by atoms with Gasteiger partial charge in [0.2, 0.25) is 5.95 Å². The number of hydrogen-bond acceptors (Lipinski definition) is 4. The molecule has 0 aliphatic rings. The number of methoxy groups -OCH3 is 2. The van der Waals surface area contributed by atoms with Gasteiger partial charge in [-0.05, 0) is 38.1 Å². The first-order valence-corrected chi connectivity index (χ1v) is 6.60. The van der Waals surface area contributed by atoms with Crippen LogP contribution in [0.4, 0.5) is 5.95 Å². The topological polar surface area (TPSA) is 48.3 Å². The normalized spacial score (nSPS) is 12.2. The molecule has 2 aromatic rings. The van der Waals surface area contributed by atoms with Gasteiger partial charge in [0.1, 0.15) is 5.75 Å². The van der Waals surface area contributed by atoms with E-state index in [-0.39, 0.29) is 6.04 Å². The molecule has 5 nitrogen and oxygen atoms in total. The number of nitrogens with one attached hydrogen (secondary N) is 1. The fourth-order valence-corrected chi connectivity index (χ4v) is 2.05. The third-order valence-electron chi connectivity index (χ3n) is 2.97. The smallest absolute Gasteiger partial charge is 0.208 e. The Bertz CT molecular complexity index is 549. The van der Waals surface area contributed by atoms with Crippen molar-refractivity contribution < 1.29 is 9.47 Å². The van der Waals surface area contributed by atoms with Gasteiger partial charge < -0.3 is 14.8 Å². The number of nitrogens with zero attached hydrogens (tertiary/aromatic N) is 2. The van der Waals surface area contributed by atoms with Crippen molar-refractivity contribution in [3.05, 3.63) is 36.2 Å². The summed E-state index contributed by atoms with van der Waals surface area (Å²) in [7, 11) is 3.36. The largest absolute Gasteiger partial charge is 0.497 e. The van der Waals surface area contributed by atoms with Crippen LogP contribution in [-0.4, -0.2) is 36.4 Å². The third kappa shape index (κ3) is 3.30. The summed E-state index contributed by atoms with van der Waals surface area (Å²) in [5.74, 6) is 1.66. The maximum Gasteiger partial charge on any atom is 0.208 e. The zero-order valence-corrected chi connectivity index (χ0v) is 12.4. The molecule has 0 saturated heterocycles. The van der Waals surface area contributed by atoms with Crippen LogP contribution in [-0.2, 0) is 4.74 Å². The van der Waals surface area contributed by atoms with Crippen LogP contribution in [0.5, 0.6) is 5.75 Å². The molecule has 108 valence electrons. The molecule has 1 heterocycles. The van der Waals surface area contributed by atoms with Gasteiger partial charge in [-0.25, -0.2) is 4.98 Å². The summed E-state index contributed by atoms with van der Waals surface area (Å²) in [6.07, 6.45) is 2.00. The molecule has 1 aromatic heterocycles. The molecule has 20 heavy (non-hydrogen) atoms. The summed E-state index contributed by atoms with van der Waals surface area (Å²) in [5, 5.41) is 3.35. The summed E-state index contributed by atoms with van der Waals surface area (Å²) in [6, 6.07) is 8.08. The molecule has 1 aromatic carbocycles. The highest BCUT2D eigenvalue weighted by Crippen LogP contribution is 2.20. The summed E-state index contributed by atoms with van der Waals surface area (Å²) >= 11 is 0. The maximum atomic E-state index is 5.18. The van der Waals surface area contributed by atoms with Crippen LogP contribution in [0.25, 0.3) is 5.69 Å². The summed E-state index contributed by atoms with van der Waals surface area (Å²) in [6.45, 7) is 4.67. The molecule has 1 atom stereocenters. The van der Waals surface area contributed by atoms with Crippen molar-refractivity contribution in [2.24, 2.45) is 0 Å². The SMILES string of the molecule is COCC(C)Nc1nc(C)cn1-c1ccc(OC)cc1. The molecule has 0 saturated carbocycles. The number of ether oxygens (including phenoxy) is 2. The Morgan fingerprint density at radius 2 is 1.95 bits per heavy atom. The Kier molecular flexibility index (Phi) is 4.63. The second kappa shape index (κ2) is 6.43. The Morgan fingerprint density at radius 3 is 2.55 bits per heavy atom. The average molecular weight is 275 g/mol. The lowest BCUT2D eigenvalue weighted by Crippen LogP contribution is -2.22. The molecule has 0 aliphatic carbocycles. The quantitative estimate of drug-likeness (QED) is 0.880. The Hall–Kier alpha value is -2.01. The van der Waals surface area contributed by atoms with E-state index in [0.29, 0.717) is 6.61 Å². The molecule has 1 unspecified atom stereocenters. The van der Waals surface area contributed by atoms with Gasteiger partial charge in [-0.2, -0.15) is 0 Å². The van der Waals surface area contributed by atoms with Gasteiger partial charge in [0, 0.05) is 25.0 Å². The van der Waals surface area contributed by atoms with Crippen molar-refractivity contribution >= 4 is 5.95 Å². The van der Waals surface area contributed by atoms with Crippen molar-refractivity contribution in [3.63, 3.8) is 0 Å². The number of anilines is 1. The lowest BCUT2D eigenvalue weighted by Gasteiger charge is -2.15. The lowest BCUT2D eigenvalue weighted by molar-refractivity contribution is 0.190. The first kappa shape index (κ1) is 14.4. The van der Waals surface area contributed by atoms with E-state index in [1.807, 2.05) is 42.0 Å². The minimum Gasteiger partial charge on any atom is -0.497 e. The second-order valence-corrected chi connectivity index (χ2v) is 4.77. The Balaban J connectivity index is 2.26. The van der Waals surface area contributed by atoms with E-state index in [0.717, 1.165) is 23.1 Å². The highest BCUT2D eigenvalue weighted by Gasteiger charge is 2.10. The maximum absolute atomic E-state index is 5.18. The molecule has 0 amide bonds. The monoisotopic (exact) mass is 275 g/mol. The predicted molar refractivity (Wildman–Crippen MR) is 79.8 cm³/mol. The first-order valence-electron chi connectivity index (χ1n) is 6.60. The Morgan fingerprint density at radius 1 is 1.25 bits per heavy atom. The number of aryl methyl sites for hydroxylation is 1. The van der Waals surface area contributed by atoms with Gasteiger partial charge in [0.25, 0.3) is 0 Å². The molecule has 1 N–H and O–H groups in total. The molecule has 0 radical (unpaired) electrons. The molecule has 0 fully saturated rings. The van der Waals surface area contributed by atoms with Crippen molar-refractivity contribution in [1.29, 1.82) is 0 Å². The molecule has 5 heteroatoms. The lowest BCUT2D eigenvalue weighted by atomic mass is 10.3. The van der Waals surface area contributed by atoms with E-state index in [2.05, 4.69) is 17.2 Å². The van der Waals surface area contributed by atoms with Crippen LogP contribution in [0.2, 0.25) is 0 Å². The van der Waals surface area contributed by atoms with E-state index in [9.17, 15) is 0 Å². The van der Waals surface area contributed by atoms with Crippen LogP contribution < -0.4 is 10.1 Å².